The van der Waals surface area contributed by atoms with E-state index in [-0.39, 0.29) is 6.04 Å². The summed E-state index contributed by atoms with van der Waals surface area (Å²) in [4.78, 5) is 5.74. The van der Waals surface area contributed by atoms with Gasteiger partial charge in [-0.25, -0.2) is 0 Å². The van der Waals surface area contributed by atoms with Crippen molar-refractivity contribution in [3.63, 3.8) is 0 Å². The minimum absolute atomic E-state index is 0.0717. The molecule has 2 N–H and O–H groups in total. The van der Waals surface area contributed by atoms with Gasteiger partial charge >= 0.3 is 0 Å². The normalized spacial score (nSPS) is 20.2. The summed E-state index contributed by atoms with van der Waals surface area (Å²) in [6.07, 6.45) is 4.09. The van der Waals surface area contributed by atoms with Gasteiger partial charge in [-0.3, -0.25) is 4.98 Å². The number of hydrogen-bond acceptors (Lipinski definition) is 3. The van der Waals surface area contributed by atoms with Crippen LogP contribution in [0.25, 0.3) is 0 Å². The molecule has 1 aliphatic rings. The number of aromatic nitrogens is 1. The Kier molecular flexibility index (Phi) is 3.03. The molecule has 2 aromatic rings. The van der Waals surface area contributed by atoms with Crippen molar-refractivity contribution < 1.29 is 0 Å². The smallest absolute Gasteiger partial charge is 0.0701 e. The molecule has 0 radical (unpaired) electrons. The molecule has 17 heavy (non-hydrogen) atoms. The average molecular weight is 309 g/mol. The van der Waals surface area contributed by atoms with Crippen LogP contribution in [0.1, 0.15) is 34.5 Å². The van der Waals surface area contributed by atoms with Gasteiger partial charge in [0.05, 0.1) is 3.79 Å². The van der Waals surface area contributed by atoms with Gasteiger partial charge in [-0.05, 0) is 52.5 Å². The van der Waals surface area contributed by atoms with Gasteiger partial charge in [-0.2, -0.15) is 0 Å². The number of nitrogens with zero attached hydrogens (tertiary/aromatic N) is 1. The maximum Gasteiger partial charge on any atom is 0.0701 e. The molecule has 0 saturated carbocycles. The predicted molar refractivity (Wildman–Crippen MR) is 74.2 cm³/mol. The molecule has 3 rings (SSSR count). The van der Waals surface area contributed by atoms with Gasteiger partial charge in [0.1, 0.15) is 0 Å². The summed E-state index contributed by atoms with van der Waals surface area (Å²) in [5, 5.41) is 0. The molecule has 2 nitrogen and oxygen atoms in total. The first-order chi connectivity index (χ1) is 8.25. The van der Waals surface area contributed by atoms with Crippen molar-refractivity contribution in [1.29, 1.82) is 0 Å². The summed E-state index contributed by atoms with van der Waals surface area (Å²) < 4.78 is 1.14. The number of rotatable bonds is 2. The second-order valence-corrected chi connectivity index (χ2v) is 6.86. The van der Waals surface area contributed by atoms with Crippen molar-refractivity contribution in [2.45, 2.75) is 24.8 Å². The molecule has 0 saturated heterocycles. The number of hydrogen-bond donors (Lipinski definition) is 1. The third-order valence-electron chi connectivity index (χ3n) is 3.36. The average Bonchev–Trinajstić information content (AvgIpc) is 2.94. The standard InChI is InChI=1S/C13H13BrN2S/c14-11-6-5-10(17-11)12(15)9-4-3-8-2-1-7-16-13(8)9/h1-2,5-7,9,12H,3-4,15H2. The van der Waals surface area contributed by atoms with Crippen LogP contribution in [-0.2, 0) is 6.42 Å². The predicted octanol–water partition coefficient (Wildman–Crippen LogP) is 3.64. The summed E-state index contributed by atoms with van der Waals surface area (Å²) in [5.74, 6) is 0.372. The monoisotopic (exact) mass is 308 g/mol. The number of aryl methyl sites for hydroxylation is 1. The van der Waals surface area contributed by atoms with E-state index in [2.05, 4.69) is 39.1 Å². The first-order valence-electron chi connectivity index (χ1n) is 5.70. The Morgan fingerprint density at radius 1 is 1.41 bits per heavy atom. The van der Waals surface area contributed by atoms with Crippen LogP contribution in [0, 0.1) is 0 Å². The molecule has 88 valence electrons. The Morgan fingerprint density at radius 3 is 3.06 bits per heavy atom. The zero-order chi connectivity index (χ0) is 11.8. The van der Waals surface area contributed by atoms with Crippen LogP contribution in [0.15, 0.2) is 34.2 Å². The number of nitrogens with two attached hydrogens (primary N) is 1. The fourth-order valence-electron chi connectivity index (χ4n) is 2.50. The minimum Gasteiger partial charge on any atom is -0.323 e. The van der Waals surface area contributed by atoms with Gasteiger partial charge in [-0.15, -0.1) is 11.3 Å². The van der Waals surface area contributed by atoms with E-state index in [0.717, 1.165) is 16.6 Å². The summed E-state index contributed by atoms with van der Waals surface area (Å²) in [7, 11) is 0. The first-order valence-corrected chi connectivity index (χ1v) is 7.31. The number of fused-ring (bicyclic) bond motifs is 1. The van der Waals surface area contributed by atoms with Gasteiger partial charge < -0.3 is 5.73 Å². The van der Waals surface area contributed by atoms with Crippen LogP contribution < -0.4 is 5.73 Å². The van der Waals surface area contributed by atoms with Gasteiger partial charge in [0.25, 0.3) is 0 Å². The zero-order valence-corrected chi connectivity index (χ0v) is 11.7. The van der Waals surface area contributed by atoms with Gasteiger partial charge in [0, 0.05) is 28.7 Å². The van der Waals surface area contributed by atoms with Crippen molar-refractivity contribution in [2.24, 2.45) is 5.73 Å². The lowest BCUT2D eigenvalue weighted by Gasteiger charge is -2.17. The molecule has 0 spiro atoms. The summed E-state index contributed by atoms with van der Waals surface area (Å²) in [6.45, 7) is 0. The van der Waals surface area contributed by atoms with E-state index in [4.69, 9.17) is 5.73 Å². The summed E-state index contributed by atoms with van der Waals surface area (Å²) in [6, 6.07) is 8.42. The van der Waals surface area contributed by atoms with E-state index in [1.54, 1.807) is 11.3 Å². The molecule has 0 amide bonds. The maximum atomic E-state index is 6.38. The Bertz CT molecular complexity index is 538. The second kappa shape index (κ2) is 4.52. The van der Waals surface area contributed by atoms with E-state index >= 15 is 0 Å². The SMILES string of the molecule is NC(c1ccc(Br)s1)C1CCc2cccnc21. The quantitative estimate of drug-likeness (QED) is 0.920. The number of halogens is 1. The summed E-state index contributed by atoms with van der Waals surface area (Å²) >= 11 is 5.21. The third-order valence-corrected chi connectivity index (χ3v) is 5.08. The Balaban J connectivity index is 1.92. The van der Waals surface area contributed by atoms with Crippen molar-refractivity contribution >= 4 is 27.3 Å². The van der Waals surface area contributed by atoms with E-state index in [1.165, 1.54) is 16.1 Å². The van der Waals surface area contributed by atoms with Crippen LogP contribution in [0.3, 0.4) is 0 Å². The molecule has 0 fully saturated rings. The molecule has 2 atom stereocenters. The lowest BCUT2D eigenvalue weighted by molar-refractivity contribution is 0.548. The molecular formula is C13H13BrN2S. The Morgan fingerprint density at radius 2 is 2.29 bits per heavy atom. The zero-order valence-electron chi connectivity index (χ0n) is 9.27. The summed E-state index contributed by atoms with van der Waals surface area (Å²) in [5.41, 5.74) is 8.94. The van der Waals surface area contributed by atoms with Crippen LogP contribution in [-0.4, -0.2) is 4.98 Å². The minimum atomic E-state index is 0.0717. The molecule has 4 heteroatoms. The van der Waals surface area contributed by atoms with Gasteiger partial charge in [0.15, 0.2) is 0 Å². The van der Waals surface area contributed by atoms with Crippen LogP contribution >= 0.6 is 27.3 Å². The highest BCUT2D eigenvalue weighted by molar-refractivity contribution is 9.11. The molecule has 0 bridgehead atoms. The highest BCUT2D eigenvalue weighted by atomic mass is 79.9. The molecule has 0 aromatic carbocycles. The fraction of sp³-hybridized carbons (Fsp3) is 0.308. The van der Waals surface area contributed by atoms with E-state index in [0.29, 0.717) is 5.92 Å². The lowest BCUT2D eigenvalue weighted by atomic mass is 9.96. The topological polar surface area (TPSA) is 38.9 Å². The van der Waals surface area contributed by atoms with Crippen molar-refractivity contribution in [2.75, 3.05) is 0 Å². The highest BCUT2D eigenvalue weighted by Gasteiger charge is 2.30. The Labute approximate surface area is 113 Å². The van der Waals surface area contributed by atoms with Crippen molar-refractivity contribution in [1.82, 2.24) is 4.98 Å². The first kappa shape index (κ1) is 11.4. The number of thiophene rings is 1. The highest BCUT2D eigenvalue weighted by Crippen LogP contribution is 2.41. The second-order valence-electron chi connectivity index (χ2n) is 4.36. The van der Waals surface area contributed by atoms with Crippen LogP contribution in [0.2, 0.25) is 0 Å². The van der Waals surface area contributed by atoms with E-state index in [9.17, 15) is 0 Å². The van der Waals surface area contributed by atoms with Crippen molar-refractivity contribution in [3.05, 3.63) is 50.4 Å². The lowest BCUT2D eigenvalue weighted by Crippen LogP contribution is -2.17. The molecule has 2 unspecified atom stereocenters. The van der Waals surface area contributed by atoms with Crippen molar-refractivity contribution in [3.8, 4) is 0 Å². The van der Waals surface area contributed by atoms with E-state index < -0.39 is 0 Å². The van der Waals surface area contributed by atoms with Crippen LogP contribution in [0.5, 0.6) is 0 Å². The largest absolute Gasteiger partial charge is 0.323 e. The molecule has 1 aliphatic carbocycles. The fourth-order valence-corrected chi connectivity index (χ4v) is 3.99. The van der Waals surface area contributed by atoms with Gasteiger partial charge in [0.2, 0.25) is 0 Å². The molecule has 0 aliphatic heterocycles. The van der Waals surface area contributed by atoms with E-state index in [1.807, 2.05) is 12.3 Å². The molecule has 2 heterocycles. The maximum absolute atomic E-state index is 6.38. The third kappa shape index (κ3) is 2.05. The number of pyridine rings is 1. The Hall–Kier alpha value is -0.710. The van der Waals surface area contributed by atoms with Crippen LogP contribution in [0.4, 0.5) is 0 Å². The molecule has 2 aromatic heterocycles. The van der Waals surface area contributed by atoms with Gasteiger partial charge in [-0.1, -0.05) is 6.07 Å². The molecular weight excluding hydrogens is 296 g/mol.